The molecule has 1 aromatic rings. The third-order valence-corrected chi connectivity index (χ3v) is 6.58. The quantitative estimate of drug-likeness (QED) is 0.204. The first-order chi connectivity index (χ1) is 18.9. The van der Waals surface area contributed by atoms with E-state index in [0.717, 1.165) is 19.3 Å². The van der Waals surface area contributed by atoms with Crippen LogP contribution >= 0.6 is 0 Å². The Balaban J connectivity index is 1.42. The lowest BCUT2D eigenvalue weighted by molar-refractivity contribution is -0.141. The van der Waals surface area contributed by atoms with Crippen molar-refractivity contribution in [2.75, 3.05) is 52.7 Å². The number of amides is 4. The minimum absolute atomic E-state index is 0.141. The van der Waals surface area contributed by atoms with Crippen molar-refractivity contribution in [1.82, 2.24) is 30.5 Å². The predicted molar refractivity (Wildman–Crippen MR) is 150 cm³/mol. The first-order valence-corrected chi connectivity index (χ1v) is 14.3. The number of rotatable bonds is 18. The van der Waals surface area contributed by atoms with E-state index >= 15 is 0 Å². The molecule has 12 nitrogen and oxygen atoms in total. The highest BCUT2D eigenvalue weighted by Gasteiger charge is 2.44. The van der Waals surface area contributed by atoms with E-state index in [1.54, 1.807) is 10.9 Å². The fraction of sp³-hybridized carbons (Fsp3) is 0.821. The van der Waals surface area contributed by atoms with Crippen molar-refractivity contribution < 1.29 is 28.6 Å². The van der Waals surface area contributed by atoms with Gasteiger partial charge in [-0.2, -0.15) is 0 Å². The predicted octanol–water partition coefficient (Wildman–Crippen LogP) is 2.76. The molecule has 1 aliphatic rings. The second-order valence-electron chi connectivity index (χ2n) is 12.5. The van der Waals surface area contributed by atoms with Gasteiger partial charge in [0.2, 0.25) is 11.8 Å². The first kappa shape index (κ1) is 33.6. The summed E-state index contributed by atoms with van der Waals surface area (Å²) >= 11 is 0. The smallest absolute Gasteiger partial charge is 0.314 e. The normalized spacial score (nSPS) is 16.1. The number of unbranched alkanes of at least 4 members (excludes halogenated alkanes) is 1. The number of nitrogens with zero attached hydrogens (tertiary/aromatic N) is 4. The summed E-state index contributed by atoms with van der Waals surface area (Å²) < 4.78 is 18.2. The van der Waals surface area contributed by atoms with Crippen LogP contribution in [-0.4, -0.2) is 90.5 Å². The van der Waals surface area contributed by atoms with E-state index in [1.807, 2.05) is 20.8 Å². The largest absolute Gasteiger partial charge is 0.377 e. The minimum atomic E-state index is -0.300. The SMILES string of the molecule is CC(C)(C)CCCCNC(=O)NCCOCCOCCOCCn1cc(CN2C(=O)CC(C(C)(C)C)C2=O)nn1. The molecule has 1 saturated heterocycles. The number of ether oxygens (including phenoxy) is 3. The van der Waals surface area contributed by atoms with Crippen LogP contribution in [-0.2, 0) is 36.9 Å². The van der Waals surface area contributed by atoms with Crippen molar-refractivity contribution in [3.63, 3.8) is 0 Å². The highest BCUT2D eigenvalue weighted by molar-refractivity contribution is 6.03. The Hall–Kier alpha value is -2.57. The van der Waals surface area contributed by atoms with Gasteiger partial charge in [0.05, 0.1) is 64.8 Å². The summed E-state index contributed by atoms with van der Waals surface area (Å²) in [6.45, 7) is 17.0. The highest BCUT2D eigenvalue weighted by atomic mass is 16.5. The van der Waals surface area contributed by atoms with E-state index in [2.05, 4.69) is 41.7 Å². The van der Waals surface area contributed by atoms with Crippen LogP contribution in [0.4, 0.5) is 4.79 Å². The number of urea groups is 1. The molecular weight excluding hydrogens is 516 g/mol. The van der Waals surface area contributed by atoms with Gasteiger partial charge in [-0.05, 0) is 23.7 Å². The van der Waals surface area contributed by atoms with Gasteiger partial charge in [-0.3, -0.25) is 14.5 Å². The molecule has 2 rings (SSSR count). The first-order valence-electron chi connectivity index (χ1n) is 14.3. The number of hydrogen-bond donors (Lipinski definition) is 2. The van der Waals surface area contributed by atoms with Crippen molar-refractivity contribution in [2.24, 2.45) is 16.7 Å². The summed E-state index contributed by atoms with van der Waals surface area (Å²) in [6, 6.07) is -0.166. The van der Waals surface area contributed by atoms with E-state index in [4.69, 9.17) is 14.2 Å². The number of hydrogen-bond acceptors (Lipinski definition) is 8. The minimum Gasteiger partial charge on any atom is -0.377 e. The number of imide groups is 1. The zero-order chi connectivity index (χ0) is 29.6. The molecule has 0 aliphatic carbocycles. The summed E-state index contributed by atoms with van der Waals surface area (Å²) in [7, 11) is 0. The molecule has 2 N–H and O–H groups in total. The summed E-state index contributed by atoms with van der Waals surface area (Å²) in [5.74, 6) is -0.603. The van der Waals surface area contributed by atoms with Gasteiger partial charge in [0, 0.05) is 19.5 Å². The van der Waals surface area contributed by atoms with Crippen LogP contribution in [0.25, 0.3) is 0 Å². The average molecular weight is 567 g/mol. The van der Waals surface area contributed by atoms with E-state index in [-0.39, 0.29) is 42.1 Å². The Morgan fingerprint density at radius 3 is 2.17 bits per heavy atom. The van der Waals surface area contributed by atoms with Crippen LogP contribution in [0, 0.1) is 16.7 Å². The van der Waals surface area contributed by atoms with Gasteiger partial charge in [-0.15, -0.1) is 5.10 Å². The Bertz CT molecular complexity index is 923. The molecular formula is C28H50N6O6. The van der Waals surface area contributed by atoms with E-state index in [1.165, 1.54) is 4.90 Å². The molecule has 0 spiro atoms. The summed E-state index contributed by atoms with van der Waals surface area (Å²) in [6.07, 6.45) is 5.20. The Morgan fingerprint density at radius 2 is 1.55 bits per heavy atom. The Morgan fingerprint density at radius 1 is 0.925 bits per heavy atom. The summed E-state index contributed by atoms with van der Waals surface area (Å²) in [5.41, 5.74) is 0.650. The number of likely N-dealkylation sites (tertiary alicyclic amines) is 1. The maximum atomic E-state index is 12.6. The second-order valence-corrected chi connectivity index (χ2v) is 12.5. The zero-order valence-electron chi connectivity index (χ0n) is 25.3. The van der Waals surface area contributed by atoms with Crippen molar-refractivity contribution in [3.8, 4) is 0 Å². The average Bonchev–Trinajstić information content (AvgIpc) is 3.43. The molecule has 2 heterocycles. The van der Waals surface area contributed by atoms with Crippen LogP contribution < -0.4 is 10.6 Å². The lowest BCUT2D eigenvalue weighted by Crippen LogP contribution is -2.37. The van der Waals surface area contributed by atoms with Crippen molar-refractivity contribution in [3.05, 3.63) is 11.9 Å². The third-order valence-electron chi connectivity index (χ3n) is 6.58. The number of carbonyl (C=O) groups is 3. The molecule has 12 heteroatoms. The van der Waals surface area contributed by atoms with Crippen molar-refractivity contribution in [2.45, 2.75) is 80.3 Å². The molecule has 1 atom stereocenters. The molecule has 4 amide bonds. The molecule has 1 fully saturated rings. The van der Waals surface area contributed by atoms with Crippen molar-refractivity contribution in [1.29, 1.82) is 0 Å². The maximum absolute atomic E-state index is 12.6. The molecule has 0 aromatic carbocycles. The molecule has 40 heavy (non-hydrogen) atoms. The number of carbonyl (C=O) groups excluding carboxylic acids is 3. The summed E-state index contributed by atoms with van der Waals surface area (Å²) in [5, 5.41) is 13.8. The second kappa shape index (κ2) is 16.6. The topological polar surface area (TPSA) is 137 Å². The van der Waals surface area contributed by atoms with Gasteiger partial charge in [-0.25, -0.2) is 9.48 Å². The van der Waals surface area contributed by atoms with Crippen LogP contribution in [0.15, 0.2) is 6.20 Å². The molecule has 0 bridgehead atoms. The third kappa shape index (κ3) is 13.2. The molecule has 228 valence electrons. The molecule has 0 saturated carbocycles. The zero-order valence-corrected chi connectivity index (χ0v) is 25.3. The van der Waals surface area contributed by atoms with Gasteiger partial charge in [-0.1, -0.05) is 53.2 Å². The molecule has 1 unspecified atom stereocenters. The highest BCUT2D eigenvalue weighted by Crippen LogP contribution is 2.35. The van der Waals surface area contributed by atoms with Crippen molar-refractivity contribution >= 4 is 17.8 Å². The molecule has 1 aliphatic heterocycles. The van der Waals surface area contributed by atoms with Crippen LogP contribution in [0.2, 0.25) is 0 Å². The van der Waals surface area contributed by atoms with E-state index in [0.29, 0.717) is 70.4 Å². The molecule has 1 aromatic heterocycles. The van der Waals surface area contributed by atoms with Gasteiger partial charge < -0.3 is 24.8 Å². The lowest BCUT2D eigenvalue weighted by Gasteiger charge is -2.24. The number of nitrogens with one attached hydrogen (secondary N) is 2. The maximum Gasteiger partial charge on any atom is 0.314 e. The standard InChI is InChI=1S/C28H50N6O6/c1-27(2,3)9-7-8-10-29-26(37)30-11-13-38-15-17-40-18-16-39-14-12-33-20-22(31-32-33)21-34-24(35)19-23(25(34)36)28(4,5)6/h20,23H,7-19,21H2,1-6H3,(H2,29,30,37). The fourth-order valence-electron chi connectivity index (χ4n) is 4.19. The van der Waals surface area contributed by atoms with Gasteiger partial charge in [0.25, 0.3) is 0 Å². The van der Waals surface area contributed by atoms with Crippen LogP contribution in [0.5, 0.6) is 0 Å². The lowest BCUT2D eigenvalue weighted by atomic mass is 9.80. The van der Waals surface area contributed by atoms with E-state index in [9.17, 15) is 14.4 Å². The van der Waals surface area contributed by atoms with Crippen LogP contribution in [0.3, 0.4) is 0 Å². The van der Waals surface area contributed by atoms with E-state index < -0.39 is 0 Å². The Kier molecular flexibility index (Phi) is 14.0. The number of aromatic nitrogens is 3. The van der Waals surface area contributed by atoms with Gasteiger partial charge >= 0.3 is 6.03 Å². The van der Waals surface area contributed by atoms with Gasteiger partial charge in [0.15, 0.2) is 0 Å². The van der Waals surface area contributed by atoms with Gasteiger partial charge in [0.1, 0.15) is 5.69 Å². The Labute approximate surface area is 238 Å². The summed E-state index contributed by atoms with van der Waals surface area (Å²) in [4.78, 5) is 38.0. The molecule has 0 radical (unpaired) electrons. The van der Waals surface area contributed by atoms with Crippen LogP contribution in [0.1, 0.15) is 72.9 Å². The fourth-order valence-corrected chi connectivity index (χ4v) is 4.19. The monoisotopic (exact) mass is 566 g/mol.